The third-order valence-electron chi connectivity index (χ3n) is 8.63. The Morgan fingerprint density at radius 3 is 1.22 bits per heavy atom. The number of benzene rings is 7. The summed E-state index contributed by atoms with van der Waals surface area (Å²) < 4.78 is 32.7. The fourth-order valence-electron chi connectivity index (χ4n) is 6.16. The van der Waals surface area contributed by atoms with E-state index in [1.807, 2.05) is 36.4 Å². The molecule has 0 atom stereocenters. The first kappa shape index (κ1) is 35.4. The molecule has 0 saturated heterocycles. The van der Waals surface area contributed by atoms with E-state index in [4.69, 9.17) is 4.74 Å². The number of phenolic OH excluding ortho intramolecular Hbond substituents is 1. The third-order valence-corrected chi connectivity index (χ3v) is 10.4. The summed E-state index contributed by atoms with van der Waals surface area (Å²) in [6.45, 7) is 12.8. The van der Waals surface area contributed by atoms with E-state index in [0.29, 0.717) is 11.5 Å². The van der Waals surface area contributed by atoms with E-state index < -0.39 is 9.84 Å². The highest BCUT2D eigenvalue weighted by Crippen LogP contribution is 2.44. The Balaban J connectivity index is 0.00000107. The van der Waals surface area contributed by atoms with E-state index in [-0.39, 0.29) is 21.0 Å². The van der Waals surface area contributed by atoms with Crippen LogP contribution in [0.4, 0.5) is 0 Å². The zero-order valence-electron chi connectivity index (χ0n) is 30.0. The average molecular weight is 693 g/mol. The number of ether oxygens (including phenoxy) is 1. The highest BCUT2D eigenvalue weighted by molar-refractivity contribution is 7.91. The van der Waals surface area contributed by atoms with Crippen molar-refractivity contribution in [2.24, 2.45) is 5.92 Å². The summed E-state index contributed by atoms with van der Waals surface area (Å²) in [7, 11) is -3.65. The van der Waals surface area contributed by atoms with Crippen molar-refractivity contribution in [3.05, 3.63) is 151 Å². The van der Waals surface area contributed by atoms with Gasteiger partial charge in [0.25, 0.3) is 0 Å². The Hall–Kier alpha value is -5.39. The van der Waals surface area contributed by atoms with Crippen molar-refractivity contribution >= 4 is 31.4 Å². The van der Waals surface area contributed by atoms with E-state index in [2.05, 4.69) is 102 Å². The van der Waals surface area contributed by atoms with Crippen molar-refractivity contribution in [1.82, 2.24) is 0 Å². The van der Waals surface area contributed by atoms with Gasteiger partial charge in [0.2, 0.25) is 9.84 Å². The number of hydrogen-bond donors (Lipinski definition) is 1. The molecule has 0 aliphatic carbocycles. The predicted octanol–water partition coefficient (Wildman–Crippen LogP) is 12.6. The van der Waals surface area contributed by atoms with Gasteiger partial charge in [-0.1, -0.05) is 126 Å². The van der Waals surface area contributed by atoms with Crippen LogP contribution in [-0.2, 0) is 15.3 Å². The van der Waals surface area contributed by atoms with Crippen molar-refractivity contribution in [1.29, 1.82) is 0 Å². The molecule has 1 N–H and O–H groups in total. The summed E-state index contributed by atoms with van der Waals surface area (Å²) in [5.74, 6) is 2.27. The number of sulfone groups is 1. The van der Waals surface area contributed by atoms with Crippen LogP contribution in [0.25, 0.3) is 43.8 Å². The molecule has 51 heavy (non-hydrogen) atoms. The smallest absolute Gasteiger partial charge is 0.206 e. The number of hydrogen-bond acceptors (Lipinski definition) is 4. The molecule has 0 bridgehead atoms. The van der Waals surface area contributed by atoms with Gasteiger partial charge in [0.15, 0.2) is 0 Å². The molecule has 0 saturated carbocycles. The van der Waals surface area contributed by atoms with Gasteiger partial charge in [-0.2, -0.15) is 0 Å². The molecule has 0 spiro atoms. The molecule has 0 aliphatic heterocycles. The maximum atomic E-state index is 13.3. The molecule has 5 heteroatoms. The number of aromatic hydroxyl groups is 1. The van der Waals surface area contributed by atoms with Gasteiger partial charge in [-0.05, 0) is 121 Å². The molecule has 7 rings (SSSR count). The van der Waals surface area contributed by atoms with Crippen LogP contribution >= 0.6 is 0 Å². The van der Waals surface area contributed by atoms with Crippen molar-refractivity contribution in [2.45, 2.75) is 56.7 Å². The van der Waals surface area contributed by atoms with E-state index >= 15 is 0 Å². The maximum Gasteiger partial charge on any atom is 0.206 e. The second kappa shape index (κ2) is 14.5. The minimum atomic E-state index is -3.65. The van der Waals surface area contributed by atoms with Crippen LogP contribution in [0.2, 0.25) is 0 Å². The predicted molar refractivity (Wildman–Crippen MR) is 212 cm³/mol. The summed E-state index contributed by atoms with van der Waals surface area (Å²) >= 11 is 0. The fraction of sp³-hybridized carbons (Fsp3) is 0.174. The summed E-state index contributed by atoms with van der Waals surface area (Å²) in [6, 6.07) is 45.9. The Morgan fingerprint density at radius 2 is 0.843 bits per heavy atom. The van der Waals surface area contributed by atoms with Crippen molar-refractivity contribution in [2.75, 3.05) is 0 Å². The molecule has 0 fully saturated rings. The largest absolute Gasteiger partial charge is 0.508 e. The van der Waals surface area contributed by atoms with Crippen molar-refractivity contribution in [3.63, 3.8) is 0 Å². The molecular formula is C46H44O4S. The van der Waals surface area contributed by atoms with Crippen LogP contribution in [0.1, 0.15) is 47.1 Å². The van der Waals surface area contributed by atoms with E-state index in [1.54, 1.807) is 48.5 Å². The van der Waals surface area contributed by atoms with Crippen LogP contribution < -0.4 is 4.74 Å². The van der Waals surface area contributed by atoms with Gasteiger partial charge in [-0.3, -0.25) is 0 Å². The zero-order valence-corrected chi connectivity index (χ0v) is 30.8. The molecule has 258 valence electrons. The molecule has 7 aromatic carbocycles. The van der Waals surface area contributed by atoms with Crippen LogP contribution in [0, 0.1) is 5.92 Å². The van der Waals surface area contributed by atoms with Crippen molar-refractivity contribution < 1.29 is 18.3 Å². The standard InChI is InChI=1S/C42H34O4S.C4H10/c1-42(2,3)30-16-24-34(25-17-30)47(44,45)35-26-22-33(23-27-35)46-32-20-14-29(15-21-32)41-38-10-6-4-8-36(38)40(28-12-18-31(43)19-13-28)37-9-5-7-11-39(37)41;1-4(2)3/h4-27,43H,1-3H3;4H,1-3H3. The van der Waals surface area contributed by atoms with Crippen LogP contribution in [0.15, 0.2) is 155 Å². The molecule has 0 amide bonds. The van der Waals surface area contributed by atoms with Gasteiger partial charge >= 0.3 is 0 Å². The lowest BCUT2D eigenvalue weighted by molar-refractivity contribution is 0.475. The average Bonchev–Trinajstić information content (AvgIpc) is 3.11. The molecular weight excluding hydrogens is 649 g/mol. The Morgan fingerprint density at radius 1 is 0.510 bits per heavy atom. The lowest BCUT2D eigenvalue weighted by atomic mass is 9.86. The maximum absolute atomic E-state index is 13.3. The molecule has 0 aliphatic rings. The van der Waals surface area contributed by atoms with E-state index in [9.17, 15) is 13.5 Å². The van der Waals surface area contributed by atoms with Crippen molar-refractivity contribution in [3.8, 4) is 39.5 Å². The first-order chi connectivity index (χ1) is 24.3. The highest BCUT2D eigenvalue weighted by atomic mass is 32.2. The third kappa shape index (κ3) is 7.69. The molecule has 4 nitrogen and oxygen atoms in total. The minimum Gasteiger partial charge on any atom is -0.508 e. The van der Waals surface area contributed by atoms with E-state index in [1.165, 1.54) is 0 Å². The fourth-order valence-corrected chi connectivity index (χ4v) is 7.42. The molecule has 0 radical (unpaired) electrons. The molecule has 0 aromatic heterocycles. The normalized spacial score (nSPS) is 11.7. The Bertz CT molecular complexity index is 2320. The SMILES string of the molecule is CC(C)(C)c1ccc(S(=O)(=O)c2ccc(Oc3ccc(-c4c5ccccc5c(-c5ccc(O)cc5)c5ccccc45)cc3)cc2)cc1.CC(C)C. The van der Waals surface area contributed by atoms with Gasteiger partial charge in [0, 0.05) is 0 Å². The minimum absolute atomic E-state index is 0.0552. The van der Waals surface area contributed by atoms with Gasteiger partial charge in [0.1, 0.15) is 17.2 Å². The summed E-state index contributed by atoms with van der Waals surface area (Å²) in [4.78, 5) is 0.490. The Kier molecular flexibility index (Phi) is 10.0. The topological polar surface area (TPSA) is 63.6 Å². The highest BCUT2D eigenvalue weighted by Gasteiger charge is 2.20. The van der Waals surface area contributed by atoms with Gasteiger partial charge in [0.05, 0.1) is 9.79 Å². The van der Waals surface area contributed by atoms with Crippen LogP contribution in [0.5, 0.6) is 17.2 Å². The van der Waals surface area contributed by atoms with Crippen LogP contribution in [-0.4, -0.2) is 13.5 Å². The van der Waals surface area contributed by atoms with Gasteiger partial charge in [-0.25, -0.2) is 8.42 Å². The van der Waals surface area contributed by atoms with Crippen LogP contribution in [0.3, 0.4) is 0 Å². The Labute approximate surface area is 301 Å². The lowest BCUT2D eigenvalue weighted by Crippen LogP contribution is -2.11. The second-order valence-corrected chi connectivity index (χ2v) is 16.4. The van der Waals surface area contributed by atoms with E-state index in [0.717, 1.165) is 55.3 Å². The molecule has 7 aromatic rings. The summed E-state index contributed by atoms with van der Waals surface area (Å²) in [5, 5.41) is 14.4. The quantitative estimate of drug-likeness (QED) is 0.176. The summed E-state index contributed by atoms with van der Waals surface area (Å²) in [6.07, 6.45) is 0. The number of fused-ring (bicyclic) bond motifs is 2. The summed E-state index contributed by atoms with van der Waals surface area (Å²) in [5.41, 5.74) is 5.39. The number of phenols is 1. The van der Waals surface area contributed by atoms with Gasteiger partial charge < -0.3 is 9.84 Å². The lowest BCUT2D eigenvalue weighted by Gasteiger charge is -2.19. The first-order valence-corrected chi connectivity index (χ1v) is 18.8. The monoisotopic (exact) mass is 692 g/mol. The zero-order chi connectivity index (χ0) is 36.3. The first-order valence-electron chi connectivity index (χ1n) is 17.3. The molecule has 0 unspecified atom stereocenters. The van der Waals surface area contributed by atoms with Gasteiger partial charge in [-0.15, -0.1) is 0 Å². The molecule has 0 heterocycles. The number of rotatable bonds is 6. The second-order valence-electron chi connectivity index (χ2n) is 14.5.